The number of alkyl halides is 2. The van der Waals surface area contributed by atoms with E-state index in [1.54, 1.807) is 0 Å². The van der Waals surface area contributed by atoms with Crippen molar-refractivity contribution in [3.05, 3.63) is 28.2 Å². The SMILES string of the molecule is NNC(=O)c1ccc(Br)cc1OC(F)F. The molecule has 0 aliphatic carbocycles. The van der Waals surface area contributed by atoms with Gasteiger partial charge in [-0.2, -0.15) is 8.78 Å². The highest BCUT2D eigenvalue weighted by Gasteiger charge is 2.15. The maximum absolute atomic E-state index is 12.0. The van der Waals surface area contributed by atoms with Crippen LogP contribution < -0.4 is 16.0 Å². The van der Waals surface area contributed by atoms with Crippen molar-refractivity contribution >= 4 is 21.8 Å². The number of amides is 1. The van der Waals surface area contributed by atoms with Crippen LogP contribution in [-0.4, -0.2) is 12.5 Å². The van der Waals surface area contributed by atoms with Crippen molar-refractivity contribution in [2.75, 3.05) is 0 Å². The predicted octanol–water partition coefficient (Wildman–Crippen LogP) is 1.65. The molecule has 0 aromatic heterocycles. The van der Waals surface area contributed by atoms with Crippen molar-refractivity contribution in [2.24, 2.45) is 5.84 Å². The summed E-state index contributed by atoms with van der Waals surface area (Å²) in [5.41, 5.74) is 1.78. The van der Waals surface area contributed by atoms with Gasteiger partial charge < -0.3 is 4.74 Å². The number of hydrazine groups is 1. The Bertz CT molecular complexity index is 374. The molecule has 0 bridgehead atoms. The van der Waals surface area contributed by atoms with E-state index in [4.69, 9.17) is 5.84 Å². The van der Waals surface area contributed by atoms with Crippen LogP contribution in [0.2, 0.25) is 0 Å². The minimum atomic E-state index is -3.00. The van der Waals surface area contributed by atoms with Gasteiger partial charge in [0.1, 0.15) is 5.75 Å². The lowest BCUT2D eigenvalue weighted by Crippen LogP contribution is -2.30. The Morgan fingerprint density at radius 2 is 2.20 bits per heavy atom. The lowest BCUT2D eigenvalue weighted by atomic mass is 10.2. The zero-order valence-electron chi connectivity index (χ0n) is 7.34. The number of nitrogens with two attached hydrogens (primary N) is 1. The van der Waals surface area contributed by atoms with E-state index >= 15 is 0 Å². The van der Waals surface area contributed by atoms with Crippen LogP contribution in [0.4, 0.5) is 8.78 Å². The molecule has 0 aliphatic rings. The average Bonchev–Trinajstić information content (AvgIpc) is 2.16. The van der Waals surface area contributed by atoms with Gasteiger partial charge in [-0.3, -0.25) is 10.2 Å². The summed E-state index contributed by atoms with van der Waals surface area (Å²) < 4.78 is 28.7. The first-order valence-electron chi connectivity index (χ1n) is 3.80. The van der Waals surface area contributed by atoms with Gasteiger partial charge in [0, 0.05) is 4.47 Å². The number of hydrogen-bond donors (Lipinski definition) is 2. The van der Waals surface area contributed by atoms with Crippen LogP contribution in [0.1, 0.15) is 10.4 Å². The van der Waals surface area contributed by atoms with Crippen molar-refractivity contribution in [3.8, 4) is 5.75 Å². The van der Waals surface area contributed by atoms with Crippen molar-refractivity contribution < 1.29 is 18.3 Å². The quantitative estimate of drug-likeness (QED) is 0.503. The highest BCUT2D eigenvalue weighted by molar-refractivity contribution is 9.10. The van der Waals surface area contributed by atoms with E-state index in [1.807, 2.05) is 5.43 Å². The van der Waals surface area contributed by atoms with Gasteiger partial charge in [0.2, 0.25) is 0 Å². The highest BCUT2D eigenvalue weighted by atomic mass is 79.9. The second-order valence-electron chi connectivity index (χ2n) is 2.49. The number of benzene rings is 1. The summed E-state index contributed by atoms with van der Waals surface area (Å²) in [6, 6.07) is 4.10. The van der Waals surface area contributed by atoms with Crippen LogP contribution in [0.15, 0.2) is 22.7 Å². The summed E-state index contributed by atoms with van der Waals surface area (Å²) in [5.74, 6) is 3.96. The van der Waals surface area contributed by atoms with Crippen LogP contribution in [0, 0.1) is 0 Å². The molecular formula is C8H7BrF2N2O2. The van der Waals surface area contributed by atoms with E-state index in [1.165, 1.54) is 18.2 Å². The van der Waals surface area contributed by atoms with Gasteiger partial charge in [0.25, 0.3) is 5.91 Å². The summed E-state index contributed by atoms with van der Waals surface area (Å²) in [6.07, 6.45) is 0. The largest absolute Gasteiger partial charge is 0.434 e. The molecule has 0 atom stereocenters. The highest BCUT2D eigenvalue weighted by Crippen LogP contribution is 2.25. The maximum atomic E-state index is 12.0. The number of nitrogen functional groups attached to an aromatic ring is 1. The van der Waals surface area contributed by atoms with E-state index in [-0.39, 0.29) is 11.3 Å². The molecule has 3 N–H and O–H groups in total. The topological polar surface area (TPSA) is 64.3 Å². The van der Waals surface area contributed by atoms with E-state index < -0.39 is 12.5 Å². The molecule has 15 heavy (non-hydrogen) atoms. The van der Waals surface area contributed by atoms with E-state index in [2.05, 4.69) is 20.7 Å². The second-order valence-corrected chi connectivity index (χ2v) is 3.41. The summed E-state index contributed by atoms with van der Waals surface area (Å²) in [7, 11) is 0. The van der Waals surface area contributed by atoms with Gasteiger partial charge in [-0.1, -0.05) is 15.9 Å². The lowest BCUT2D eigenvalue weighted by Gasteiger charge is -2.09. The molecule has 1 aromatic rings. The van der Waals surface area contributed by atoms with Gasteiger partial charge in [-0.15, -0.1) is 0 Å². The van der Waals surface area contributed by atoms with Crippen molar-refractivity contribution in [2.45, 2.75) is 6.61 Å². The molecule has 1 rings (SSSR count). The zero-order chi connectivity index (χ0) is 11.4. The molecule has 7 heteroatoms. The van der Waals surface area contributed by atoms with Crippen LogP contribution in [0.3, 0.4) is 0 Å². The number of halogens is 3. The van der Waals surface area contributed by atoms with Gasteiger partial charge >= 0.3 is 6.61 Å². The van der Waals surface area contributed by atoms with Crippen LogP contribution in [0.25, 0.3) is 0 Å². The van der Waals surface area contributed by atoms with E-state index in [0.29, 0.717) is 4.47 Å². The standard InChI is InChI=1S/C8H7BrF2N2O2/c9-4-1-2-5(7(14)13-12)6(3-4)15-8(10)11/h1-3,8H,12H2,(H,13,14). The molecule has 0 radical (unpaired) electrons. The molecule has 0 saturated heterocycles. The Kier molecular flexibility index (Phi) is 3.98. The average molecular weight is 281 g/mol. The molecule has 0 fully saturated rings. The molecule has 1 aromatic carbocycles. The third-order valence-corrected chi connectivity index (χ3v) is 2.03. The monoisotopic (exact) mass is 280 g/mol. The Balaban J connectivity index is 3.08. The second kappa shape index (κ2) is 5.04. The summed E-state index contributed by atoms with van der Waals surface area (Å²) in [6.45, 7) is -3.00. The van der Waals surface area contributed by atoms with E-state index in [0.717, 1.165) is 0 Å². The number of carbonyl (C=O) groups is 1. The molecule has 0 saturated carbocycles. The number of nitrogens with one attached hydrogen (secondary N) is 1. The maximum Gasteiger partial charge on any atom is 0.387 e. The van der Waals surface area contributed by atoms with Crippen LogP contribution in [0.5, 0.6) is 5.75 Å². The Morgan fingerprint density at radius 1 is 1.53 bits per heavy atom. The van der Waals surface area contributed by atoms with Crippen LogP contribution in [-0.2, 0) is 0 Å². The Hall–Kier alpha value is -1.21. The normalized spacial score (nSPS) is 10.2. The first-order valence-corrected chi connectivity index (χ1v) is 4.59. The van der Waals surface area contributed by atoms with Gasteiger partial charge in [0.05, 0.1) is 5.56 Å². The van der Waals surface area contributed by atoms with E-state index in [9.17, 15) is 13.6 Å². The minimum absolute atomic E-state index is 0.0546. The predicted molar refractivity (Wildman–Crippen MR) is 52.4 cm³/mol. The summed E-state index contributed by atoms with van der Waals surface area (Å²) in [5, 5.41) is 0. The van der Waals surface area contributed by atoms with Gasteiger partial charge in [-0.25, -0.2) is 5.84 Å². The molecule has 82 valence electrons. The van der Waals surface area contributed by atoms with Crippen molar-refractivity contribution in [1.29, 1.82) is 0 Å². The molecule has 4 nitrogen and oxygen atoms in total. The fourth-order valence-electron chi connectivity index (χ4n) is 0.955. The fourth-order valence-corrected chi connectivity index (χ4v) is 1.30. The Labute approximate surface area is 92.5 Å². The Morgan fingerprint density at radius 3 is 2.73 bits per heavy atom. The molecule has 0 aliphatic heterocycles. The molecule has 0 spiro atoms. The first kappa shape index (κ1) is 11.9. The zero-order valence-corrected chi connectivity index (χ0v) is 8.92. The fraction of sp³-hybridized carbons (Fsp3) is 0.125. The summed E-state index contributed by atoms with van der Waals surface area (Å²) in [4.78, 5) is 11.2. The molecular weight excluding hydrogens is 274 g/mol. The third-order valence-electron chi connectivity index (χ3n) is 1.54. The summed E-state index contributed by atoms with van der Waals surface area (Å²) >= 11 is 3.07. The minimum Gasteiger partial charge on any atom is -0.434 e. The number of ether oxygens (including phenoxy) is 1. The lowest BCUT2D eigenvalue weighted by molar-refractivity contribution is -0.0502. The molecule has 1 amide bonds. The van der Waals surface area contributed by atoms with Crippen molar-refractivity contribution in [1.82, 2.24) is 5.43 Å². The smallest absolute Gasteiger partial charge is 0.387 e. The molecule has 0 heterocycles. The molecule has 0 unspecified atom stereocenters. The number of hydrogen-bond acceptors (Lipinski definition) is 3. The van der Waals surface area contributed by atoms with Crippen molar-refractivity contribution in [3.63, 3.8) is 0 Å². The third kappa shape index (κ3) is 3.14. The van der Waals surface area contributed by atoms with Crippen LogP contribution >= 0.6 is 15.9 Å². The van der Waals surface area contributed by atoms with Gasteiger partial charge in [0.15, 0.2) is 0 Å². The number of carbonyl (C=O) groups excluding carboxylic acids is 1. The number of rotatable bonds is 3. The first-order chi connectivity index (χ1) is 7.04. The van der Waals surface area contributed by atoms with Gasteiger partial charge in [-0.05, 0) is 18.2 Å².